The number of hydrogen-bond acceptors (Lipinski definition) is 3. The van der Waals surface area contributed by atoms with Crippen LogP contribution in [0.2, 0.25) is 5.02 Å². The zero-order chi connectivity index (χ0) is 16.5. The van der Waals surface area contributed by atoms with Crippen LogP contribution < -0.4 is 5.32 Å². The molecule has 1 aliphatic heterocycles. The van der Waals surface area contributed by atoms with E-state index in [4.69, 9.17) is 20.9 Å². The largest absolute Gasteiger partial charge is 0.491 e. The van der Waals surface area contributed by atoms with Crippen molar-refractivity contribution in [3.63, 3.8) is 0 Å². The summed E-state index contributed by atoms with van der Waals surface area (Å²) in [5.41, 5.74) is 0.815. The van der Waals surface area contributed by atoms with E-state index >= 15 is 0 Å². The second kappa shape index (κ2) is 6.32. The minimum Gasteiger partial charge on any atom is -0.400 e. The number of benzene rings is 1. The predicted octanol–water partition coefficient (Wildman–Crippen LogP) is 3.71. The Morgan fingerprint density at radius 3 is 2.36 bits per heavy atom. The van der Waals surface area contributed by atoms with Gasteiger partial charge in [0.25, 0.3) is 0 Å². The van der Waals surface area contributed by atoms with E-state index in [-0.39, 0.29) is 5.02 Å². The van der Waals surface area contributed by atoms with E-state index in [1.165, 1.54) is 6.07 Å². The van der Waals surface area contributed by atoms with E-state index in [0.29, 0.717) is 6.54 Å². The number of rotatable bonds is 4. The van der Waals surface area contributed by atoms with Gasteiger partial charge in [0, 0.05) is 6.54 Å². The third-order valence-corrected chi connectivity index (χ3v) is 4.54. The van der Waals surface area contributed by atoms with Gasteiger partial charge in [-0.1, -0.05) is 23.7 Å². The predicted molar refractivity (Wildman–Crippen MR) is 89.4 cm³/mol. The highest BCUT2D eigenvalue weighted by atomic mass is 35.5. The molecule has 0 aliphatic carbocycles. The van der Waals surface area contributed by atoms with Gasteiger partial charge in [0.2, 0.25) is 0 Å². The van der Waals surface area contributed by atoms with Crippen molar-refractivity contribution in [2.75, 3.05) is 13.6 Å². The van der Waals surface area contributed by atoms with E-state index < -0.39 is 24.1 Å². The number of hydrogen-bond donors (Lipinski definition) is 1. The summed E-state index contributed by atoms with van der Waals surface area (Å²) in [6, 6.07) is 4.72. The molecule has 0 unspecified atom stereocenters. The summed E-state index contributed by atoms with van der Waals surface area (Å²) in [7, 11) is 1.39. The topological polar surface area (TPSA) is 30.5 Å². The molecule has 1 heterocycles. The quantitative estimate of drug-likeness (QED) is 0.856. The van der Waals surface area contributed by atoms with Crippen LogP contribution in [0.1, 0.15) is 33.3 Å². The molecule has 2 rings (SSSR count). The van der Waals surface area contributed by atoms with Crippen LogP contribution in [-0.2, 0) is 9.31 Å². The smallest absolute Gasteiger partial charge is 0.400 e. The number of likely N-dealkylation sites (N-methyl/N-ethyl adjacent to an activating group) is 1. The molecule has 1 N–H and O–H groups in total. The first kappa shape index (κ1) is 17.5. The fourth-order valence-electron chi connectivity index (χ4n) is 2.22. The first-order chi connectivity index (χ1) is 10.2. The summed E-state index contributed by atoms with van der Waals surface area (Å²) in [4.78, 5) is 0. The lowest BCUT2D eigenvalue weighted by Crippen LogP contribution is -2.41. The fraction of sp³-hybridized carbons (Fsp3) is 0.500. The molecule has 0 bridgehead atoms. The molecular weight excluding hydrogens is 303 g/mol. The molecule has 0 saturated carbocycles. The summed E-state index contributed by atoms with van der Waals surface area (Å²) < 4.78 is 25.7. The molecule has 0 radical (unpaired) electrons. The maximum absolute atomic E-state index is 13.6. The standard InChI is InChI=1S/C16H22BClFNO2/c1-15(2)16(3,4)22-17(21-15)12(10-20-5)8-11-6-7-13(18)14(19)9-11/h6-9,20H,10H2,1-5H3. The van der Waals surface area contributed by atoms with Crippen LogP contribution in [0.3, 0.4) is 0 Å². The van der Waals surface area contributed by atoms with Gasteiger partial charge in [0.1, 0.15) is 5.82 Å². The van der Waals surface area contributed by atoms with Crippen LogP contribution >= 0.6 is 11.6 Å². The molecule has 6 heteroatoms. The van der Waals surface area contributed by atoms with E-state index in [1.54, 1.807) is 12.1 Å². The zero-order valence-electron chi connectivity index (χ0n) is 13.7. The average molecular weight is 326 g/mol. The van der Waals surface area contributed by atoms with Gasteiger partial charge in [0.15, 0.2) is 0 Å². The van der Waals surface area contributed by atoms with E-state index in [9.17, 15) is 4.39 Å². The zero-order valence-corrected chi connectivity index (χ0v) is 14.4. The van der Waals surface area contributed by atoms with E-state index in [0.717, 1.165) is 11.0 Å². The lowest BCUT2D eigenvalue weighted by molar-refractivity contribution is 0.00578. The Morgan fingerprint density at radius 1 is 1.27 bits per heavy atom. The molecule has 22 heavy (non-hydrogen) atoms. The molecule has 3 nitrogen and oxygen atoms in total. The Hall–Kier alpha value is -0.875. The Morgan fingerprint density at radius 2 is 1.86 bits per heavy atom. The summed E-state index contributed by atoms with van der Waals surface area (Å²) in [6.45, 7) is 8.61. The van der Waals surface area contributed by atoms with Crippen LogP contribution in [0.5, 0.6) is 0 Å². The molecule has 0 aromatic heterocycles. The van der Waals surface area contributed by atoms with Gasteiger partial charge in [-0.3, -0.25) is 0 Å². The maximum atomic E-state index is 13.6. The number of halogens is 2. The van der Waals surface area contributed by atoms with Crippen molar-refractivity contribution in [1.29, 1.82) is 0 Å². The average Bonchev–Trinajstić information content (AvgIpc) is 2.62. The second-order valence-corrected chi connectivity index (χ2v) is 6.92. The SMILES string of the molecule is CNCC(=Cc1ccc(Cl)c(F)c1)B1OC(C)(C)C(C)(C)O1. The summed E-state index contributed by atoms with van der Waals surface area (Å²) in [5, 5.41) is 3.21. The number of nitrogens with one attached hydrogen (secondary N) is 1. The van der Waals surface area contributed by atoms with E-state index in [1.807, 2.05) is 40.8 Å². The normalized spacial score (nSPS) is 20.5. The third-order valence-electron chi connectivity index (χ3n) is 4.23. The van der Waals surface area contributed by atoms with Gasteiger partial charge in [-0.05, 0) is 57.9 Å². The van der Waals surface area contributed by atoms with Gasteiger partial charge in [0.05, 0.1) is 16.2 Å². The van der Waals surface area contributed by atoms with Gasteiger partial charge in [-0.15, -0.1) is 0 Å². The third kappa shape index (κ3) is 3.54. The minimum atomic E-state index is -0.462. The van der Waals surface area contributed by atoms with Crippen molar-refractivity contribution in [1.82, 2.24) is 5.32 Å². The van der Waals surface area contributed by atoms with Gasteiger partial charge in [-0.2, -0.15) is 0 Å². The lowest BCUT2D eigenvalue weighted by Gasteiger charge is -2.32. The maximum Gasteiger partial charge on any atom is 0.491 e. The highest BCUT2D eigenvalue weighted by Crippen LogP contribution is 2.38. The molecule has 1 fully saturated rings. The van der Waals surface area contributed by atoms with Crippen LogP contribution in [0.25, 0.3) is 6.08 Å². The molecule has 1 aromatic carbocycles. The second-order valence-electron chi connectivity index (χ2n) is 6.51. The Balaban J connectivity index is 2.31. The first-order valence-electron chi connectivity index (χ1n) is 7.32. The molecule has 0 amide bonds. The van der Waals surface area contributed by atoms with Gasteiger partial charge in [-0.25, -0.2) is 4.39 Å². The summed E-state index contributed by atoms with van der Waals surface area (Å²) in [5.74, 6) is -0.437. The molecule has 0 spiro atoms. The highest BCUT2D eigenvalue weighted by molar-refractivity contribution is 6.55. The Labute approximate surface area is 137 Å². The molecule has 1 aromatic rings. The minimum absolute atomic E-state index is 0.114. The Kier molecular flexibility index (Phi) is 5.02. The van der Waals surface area contributed by atoms with Crippen molar-refractivity contribution in [2.45, 2.75) is 38.9 Å². The first-order valence-corrected chi connectivity index (χ1v) is 7.70. The van der Waals surface area contributed by atoms with Crippen molar-refractivity contribution in [3.05, 3.63) is 40.1 Å². The van der Waals surface area contributed by atoms with Crippen LogP contribution in [0, 0.1) is 5.82 Å². The van der Waals surface area contributed by atoms with Crippen LogP contribution in [-0.4, -0.2) is 31.9 Å². The lowest BCUT2D eigenvalue weighted by atomic mass is 9.77. The highest BCUT2D eigenvalue weighted by Gasteiger charge is 2.52. The Bertz CT molecular complexity index is 574. The van der Waals surface area contributed by atoms with E-state index in [2.05, 4.69) is 5.32 Å². The van der Waals surface area contributed by atoms with Gasteiger partial charge < -0.3 is 14.6 Å². The van der Waals surface area contributed by atoms with Gasteiger partial charge >= 0.3 is 7.12 Å². The fourth-order valence-corrected chi connectivity index (χ4v) is 2.33. The molecule has 120 valence electrons. The van der Waals surface area contributed by atoms with Crippen LogP contribution in [0.15, 0.2) is 23.7 Å². The summed E-state index contributed by atoms with van der Waals surface area (Å²) in [6.07, 6.45) is 1.87. The monoisotopic (exact) mass is 325 g/mol. The molecular formula is C16H22BClFNO2. The molecule has 0 atom stereocenters. The van der Waals surface area contributed by atoms with Crippen molar-refractivity contribution < 1.29 is 13.7 Å². The molecule has 1 saturated heterocycles. The summed E-state index contributed by atoms with van der Waals surface area (Å²) >= 11 is 5.72. The van der Waals surface area contributed by atoms with Crippen molar-refractivity contribution in [3.8, 4) is 0 Å². The van der Waals surface area contributed by atoms with Crippen molar-refractivity contribution in [2.24, 2.45) is 0 Å². The molecule has 1 aliphatic rings. The van der Waals surface area contributed by atoms with Crippen molar-refractivity contribution >= 4 is 24.8 Å². The van der Waals surface area contributed by atoms with Crippen LogP contribution in [0.4, 0.5) is 4.39 Å².